The number of benzene rings is 2. The molecule has 1 aliphatic carbocycles. The molecule has 0 saturated carbocycles. The summed E-state index contributed by atoms with van der Waals surface area (Å²) in [7, 11) is 0. The van der Waals surface area contributed by atoms with Crippen LogP contribution in [0.25, 0.3) is 11.1 Å². The molecule has 10 nitrogen and oxygen atoms in total. The zero-order chi connectivity index (χ0) is 23.9. The van der Waals surface area contributed by atoms with E-state index in [9.17, 15) is 14.4 Å². The van der Waals surface area contributed by atoms with Crippen LogP contribution in [0, 0.1) is 0 Å². The highest BCUT2D eigenvalue weighted by Gasteiger charge is 2.28. The monoisotopic (exact) mass is 463 g/mol. The third-order valence-electron chi connectivity index (χ3n) is 5.61. The molecule has 4 rings (SSSR count). The van der Waals surface area contributed by atoms with Gasteiger partial charge in [-0.05, 0) is 28.7 Å². The van der Waals surface area contributed by atoms with E-state index < -0.39 is 12.1 Å². The number of amides is 2. The van der Waals surface area contributed by atoms with Gasteiger partial charge in [-0.3, -0.25) is 4.79 Å². The van der Waals surface area contributed by atoms with Crippen LogP contribution in [-0.4, -0.2) is 57.8 Å². The lowest BCUT2D eigenvalue weighted by atomic mass is 9.98. The Morgan fingerprint density at radius 3 is 2.29 bits per heavy atom. The van der Waals surface area contributed by atoms with Crippen molar-refractivity contribution in [1.82, 2.24) is 25.6 Å². The first-order chi connectivity index (χ1) is 16.5. The maximum atomic E-state index is 12.2. The predicted molar refractivity (Wildman–Crippen MR) is 122 cm³/mol. The minimum Gasteiger partial charge on any atom is -0.476 e. The Labute approximate surface area is 195 Å². The fourth-order valence-electron chi connectivity index (χ4n) is 3.99. The molecule has 3 aromatic rings. The van der Waals surface area contributed by atoms with Crippen molar-refractivity contribution in [3.8, 4) is 11.1 Å². The molecule has 1 aromatic heterocycles. The Morgan fingerprint density at radius 2 is 1.65 bits per heavy atom. The smallest absolute Gasteiger partial charge is 0.407 e. The van der Waals surface area contributed by atoms with E-state index in [2.05, 4.69) is 45.2 Å². The van der Waals surface area contributed by atoms with Crippen LogP contribution in [0.15, 0.2) is 54.7 Å². The minimum absolute atomic E-state index is 0.000456. The molecule has 0 fully saturated rings. The predicted octanol–water partition coefficient (Wildman–Crippen LogP) is 2.41. The summed E-state index contributed by atoms with van der Waals surface area (Å²) in [6, 6.07) is 16.3. The van der Waals surface area contributed by atoms with Crippen molar-refractivity contribution in [2.75, 3.05) is 19.7 Å². The molecular weight excluding hydrogens is 438 g/mol. The molecule has 0 aliphatic heterocycles. The number of hydrogen-bond acceptors (Lipinski definition) is 6. The first-order valence-electron chi connectivity index (χ1n) is 11.0. The van der Waals surface area contributed by atoms with Gasteiger partial charge in [0.2, 0.25) is 5.91 Å². The average molecular weight is 463 g/mol. The Morgan fingerprint density at radius 1 is 0.971 bits per heavy atom. The number of rotatable bonds is 10. The van der Waals surface area contributed by atoms with Gasteiger partial charge in [0.25, 0.3) is 0 Å². The molecular formula is C24H25N5O5. The number of alkyl carbamates (subject to hydrolysis) is 1. The molecule has 1 aliphatic rings. The van der Waals surface area contributed by atoms with E-state index >= 15 is 0 Å². The SMILES string of the molecule is O=C(CCCNC(=O)OCC1c2ccccc2-c2ccccc21)NCCn1cc(C(=O)O)nn1. The molecule has 0 atom stereocenters. The second-order valence-corrected chi connectivity index (χ2v) is 7.88. The molecule has 2 aromatic carbocycles. The number of ether oxygens (including phenoxy) is 1. The number of carboxylic acids is 1. The van der Waals surface area contributed by atoms with E-state index in [-0.39, 0.29) is 30.5 Å². The van der Waals surface area contributed by atoms with E-state index in [1.807, 2.05) is 24.3 Å². The molecule has 34 heavy (non-hydrogen) atoms. The zero-order valence-corrected chi connectivity index (χ0v) is 18.4. The number of aromatic carboxylic acids is 1. The third kappa shape index (κ3) is 5.40. The van der Waals surface area contributed by atoms with Crippen LogP contribution in [0.1, 0.15) is 40.4 Å². The van der Waals surface area contributed by atoms with Crippen molar-refractivity contribution in [3.05, 3.63) is 71.5 Å². The maximum absolute atomic E-state index is 12.2. The van der Waals surface area contributed by atoms with Crippen LogP contribution >= 0.6 is 0 Å². The second-order valence-electron chi connectivity index (χ2n) is 7.88. The molecule has 0 radical (unpaired) electrons. The third-order valence-corrected chi connectivity index (χ3v) is 5.61. The number of carbonyl (C=O) groups excluding carboxylic acids is 2. The van der Waals surface area contributed by atoms with Crippen molar-refractivity contribution in [1.29, 1.82) is 0 Å². The molecule has 176 valence electrons. The topological polar surface area (TPSA) is 135 Å². The van der Waals surface area contributed by atoms with Crippen molar-refractivity contribution in [2.24, 2.45) is 0 Å². The molecule has 0 spiro atoms. The van der Waals surface area contributed by atoms with E-state index in [1.54, 1.807) is 0 Å². The number of carbonyl (C=O) groups is 3. The molecule has 10 heteroatoms. The summed E-state index contributed by atoms with van der Waals surface area (Å²) in [6.07, 6.45) is 1.49. The second kappa shape index (κ2) is 10.6. The lowest BCUT2D eigenvalue weighted by Crippen LogP contribution is -2.30. The van der Waals surface area contributed by atoms with Gasteiger partial charge < -0.3 is 20.5 Å². The summed E-state index contributed by atoms with van der Waals surface area (Å²) in [5.41, 5.74) is 4.50. The first kappa shape index (κ1) is 23.0. The Balaban J connectivity index is 1.13. The fourth-order valence-corrected chi connectivity index (χ4v) is 3.99. The molecule has 0 unspecified atom stereocenters. The van der Waals surface area contributed by atoms with E-state index in [0.717, 1.165) is 11.1 Å². The highest BCUT2D eigenvalue weighted by molar-refractivity contribution is 5.84. The van der Waals surface area contributed by atoms with Gasteiger partial charge in [0, 0.05) is 25.4 Å². The molecule has 0 bridgehead atoms. The fraction of sp³-hybridized carbons (Fsp3) is 0.292. The number of hydrogen-bond donors (Lipinski definition) is 3. The van der Waals surface area contributed by atoms with Crippen LogP contribution in [-0.2, 0) is 16.1 Å². The number of nitrogens with zero attached hydrogens (tertiary/aromatic N) is 3. The van der Waals surface area contributed by atoms with Crippen molar-refractivity contribution in [3.63, 3.8) is 0 Å². The summed E-state index contributed by atoms with van der Waals surface area (Å²) in [5.74, 6) is -1.33. The molecule has 2 amide bonds. The summed E-state index contributed by atoms with van der Waals surface area (Å²) < 4.78 is 6.82. The van der Waals surface area contributed by atoms with Gasteiger partial charge in [-0.15, -0.1) is 5.10 Å². The Kier molecular flexibility index (Phi) is 7.16. The maximum Gasteiger partial charge on any atom is 0.407 e. The molecule has 1 heterocycles. The highest BCUT2D eigenvalue weighted by atomic mass is 16.5. The zero-order valence-electron chi connectivity index (χ0n) is 18.4. The lowest BCUT2D eigenvalue weighted by Gasteiger charge is -2.14. The number of aromatic nitrogens is 3. The van der Waals surface area contributed by atoms with Crippen molar-refractivity contribution < 1.29 is 24.2 Å². The quantitative estimate of drug-likeness (QED) is 0.393. The van der Waals surface area contributed by atoms with Crippen LogP contribution in [0.5, 0.6) is 0 Å². The Hall–Kier alpha value is -4.21. The summed E-state index contributed by atoms with van der Waals surface area (Å²) in [6.45, 7) is 1.16. The first-order valence-corrected chi connectivity index (χ1v) is 11.0. The van der Waals surface area contributed by atoms with Gasteiger partial charge >= 0.3 is 12.1 Å². The van der Waals surface area contributed by atoms with Crippen molar-refractivity contribution in [2.45, 2.75) is 25.3 Å². The Bertz CT molecular complexity index is 1150. The molecule has 3 N–H and O–H groups in total. The standard InChI is InChI=1S/C24H25N5O5/c30-22(25-12-13-29-14-21(23(31)32)27-28-29)10-5-11-26-24(33)34-15-20-18-8-3-1-6-16(18)17-7-2-4-9-19(17)20/h1-4,6-9,14,20H,5,10-13,15H2,(H,25,30)(H,26,33)(H,31,32). The number of carboxylic acid groups (broad SMARTS) is 1. The summed E-state index contributed by atoms with van der Waals surface area (Å²) >= 11 is 0. The number of fused-ring (bicyclic) bond motifs is 3. The average Bonchev–Trinajstić information content (AvgIpc) is 3.44. The van der Waals surface area contributed by atoms with E-state index in [4.69, 9.17) is 9.84 Å². The van der Waals surface area contributed by atoms with Gasteiger partial charge in [0.05, 0.1) is 12.7 Å². The largest absolute Gasteiger partial charge is 0.476 e. The number of nitrogens with one attached hydrogen (secondary N) is 2. The van der Waals surface area contributed by atoms with Crippen LogP contribution < -0.4 is 10.6 Å². The van der Waals surface area contributed by atoms with Gasteiger partial charge in [0.15, 0.2) is 5.69 Å². The van der Waals surface area contributed by atoms with E-state index in [0.29, 0.717) is 26.1 Å². The lowest BCUT2D eigenvalue weighted by molar-refractivity contribution is -0.121. The normalized spacial score (nSPS) is 12.0. The van der Waals surface area contributed by atoms with Gasteiger partial charge in [0.1, 0.15) is 6.61 Å². The highest BCUT2D eigenvalue weighted by Crippen LogP contribution is 2.44. The minimum atomic E-state index is -1.15. The van der Waals surface area contributed by atoms with Crippen LogP contribution in [0.3, 0.4) is 0 Å². The van der Waals surface area contributed by atoms with Crippen LogP contribution in [0.2, 0.25) is 0 Å². The van der Waals surface area contributed by atoms with Crippen molar-refractivity contribution >= 4 is 18.0 Å². The summed E-state index contributed by atoms with van der Waals surface area (Å²) in [5, 5.41) is 21.4. The van der Waals surface area contributed by atoms with Gasteiger partial charge in [-0.2, -0.15) is 0 Å². The summed E-state index contributed by atoms with van der Waals surface area (Å²) in [4.78, 5) is 34.9. The molecule has 0 saturated heterocycles. The van der Waals surface area contributed by atoms with Gasteiger partial charge in [-0.25, -0.2) is 14.3 Å². The van der Waals surface area contributed by atoms with Gasteiger partial charge in [-0.1, -0.05) is 53.7 Å². The van der Waals surface area contributed by atoms with Crippen LogP contribution in [0.4, 0.5) is 4.79 Å². The van der Waals surface area contributed by atoms with E-state index in [1.165, 1.54) is 22.0 Å².